The van der Waals surface area contributed by atoms with Gasteiger partial charge in [-0.25, -0.2) is 14.4 Å². The van der Waals surface area contributed by atoms with E-state index >= 15 is 0 Å². The zero-order valence-electron chi connectivity index (χ0n) is 10.1. The average molecular weight is 333 g/mol. The third-order valence-electron chi connectivity index (χ3n) is 2.75. The molecule has 0 bridgehead atoms. The SMILES string of the molecule is Fc1ccc(-c2cnc3c(n2)c(Cl)nn3C(F)F)c(Cl)c1. The lowest BCUT2D eigenvalue weighted by molar-refractivity contribution is 0.0609. The standard InChI is InChI=1S/C12H5Cl2F3N4/c13-7-3-5(15)1-2-6(7)8-4-18-11-9(19-8)10(14)20-21(11)12(16)17/h1-4,12H. The summed E-state index contributed by atoms with van der Waals surface area (Å²) < 4.78 is 38.9. The van der Waals surface area contributed by atoms with Gasteiger partial charge in [0, 0.05) is 5.56 Å². The number of hydrogen-bond donors (Lipinski definition) is 0. The van der Waals surface area contributed by atoms with Crippen LogP contribution >= 0.6 is 23.2 Å². The highest BCUT2D eigenvalue weighted by Gasteiger charge is 2.19. The van der Waals surface area contributed by atoms with Crippen LogP contribution in [0.2, 0.25) is 10.2 Å². The van der Waals surface area contributed by atoms with Gasteiger partial charge in [0.05, 0.1) is 16.9 Å². The van der Waals surface area contributed by atoms with Gasteiger partial charge in [0.1, 0.15) is 11.3 Å². The summed E-state index contributed by atoms with van der Waals surface area (Å²) in [6.45, 7) is -2.88. The average Bonchev–Trinajstić information content (AvgIpc) is 2.76. The fourth-order valence-corrected chi connectivity index (χ4v) is 2.31. The lowest BCUT2D eigenvalue weighted by atomic mass is 10.1. The van der Waals surface area contributed by atoms with Crippen molar-refractivity contribution < 1.29 is 13.2 Å². The van der Waals surface area contributed by atoms with Crippen LogP contribution < -0.4 is 0 Å². The molecule has 0 saturated heterocycles. The number of nitrogens with zero attached hydrogens (tertiary/aromatic N) is 4. The van der Waals surface area contributed by atoms with Gasteiger partial charge < -0.3 is 0 Å². The minimum absolute atomic E-state index is 0.0230. The van der Waals surface area contributed by atoms with Crippen LogP contribution in [-0.4, -0.2) is 19.7 Å². The number of benzene rings is 1. The Morgan fingerprint density at radius 3 is 2.62 bits per heavy atom. The van der Waals surface area contributed by atoms with E-state index in [1.807, 2.05) is 0 Å². The first-order chi connectivity index (χ1) is 9.97. The molecule has 0 spiro atoms. The topological polar surface area (TPSA) is 43.6 Å². The van der Waals surface area contributed by atoms with E-state index in [9.17, 15) is 13.2 Å². The maximum Gasteiger partial charge on any atom is 0.335 e. The summed E-state index contributed by atoms with van der Waals surface area (Å²) in [7, 11) is 0. The molecular formula is C12H5Cl2F3N4. The Balaban J connectivity index is 2.20. The normalized spacial score (nSPS) is 11.5. The number of aromatic nitrogens is 4. The smallest absolute Gasteiger partial charge is 0.239 e. The molecule has 0 aliphatic rings. The van der Waals surface area contributed by atoms with Crippen molar-refractivity contribution >= 4 is 34.4 Å². The van der Waals surface area contributed by atoms with Crippen molar-refractivity contribution in [1.29, 1.82) is 0 Å². The van der Waals surface area contributed by atoms with Gasteiger partial charge in [-0.15, -0.1) is 0 Å². The van der Waals surface area contributed by atoms with Crippen LogP contribution in [0.3, 0.4) is 0 Å². The Morgan fingerprint density at radius 1 is 1.19 bits per heavy atom. The van der Waals surface area contributed by atoms with Gasteiger partial charge in [-0.05, 0) is 18.2 Å². The Morgan fingerprint density at radius 2 is 1.95 bits per heavy atom. The van der Waals surface area contributed by atoms with Gasteiger partial charge in [0.25, 0.3) is 0 Å². The van der Waals surface area contributed by atoms with Crippen molar-refractivity contribution in [3.05, 3.63) is 40.4 Å². The number of halogens is 5. The molecule has 9 heteroatoms. The van der Waals surface area contributed by atoms with Crippen LogP contribution in [0.25, 0.3) is 22.4 Å². The van der Waals surface area contributed by atoms with Crippen molar-refractivity contribution in [3.8, 4) is 11.3 Å². The first-order valence-electron chi connectivity index (χ1n) is 5.61. The molecule has 0 fully saturated rings. The van der Waals surface area contributed by atoms with E-state index in [4.69, 9.17) is 23.2 Å². The fourth-order valence-electron chi connectivity index (χ4n) is 1.84. The molecule has 21 heavy (non-hydrogen) atoms. The first-order valence-corrected chi connectivity index (χ1v) is 6.37. The fraction of sp³-hybridized carbons (Fsp3) is 0.0833. The predicted molar refractivity (Wildman–Crippen MR) is 72.0 cm³/mol. The number of rotatable bonds is 2. The van der Waals surface area contributed by atoms with Gasteiger partial charge in [-0.1, -0.05) is 23.2 Å². The van der Waals surface area contributed by atoms with E-state index in [2.05, 4.69) is 15.1 Å². The number of alkyl halides is 2. The lowest BCUT2D eigenvalue weighted by Crippen LogP contribution is -2.01. The predicted octanol–water partition coefficient (Wildman–Crippen LogP) is 4.33. The third kappa shape index (κ3) is 2.43. The molecule has 0 aliphatic carbocycles. The zero-order chi connectivity index (χ0) is 15.1. The van der Waals surface area contributed by atoms with Crippen LogP contribution in [0.1, 0.15) is 6.55 Å². The summed E-state index contributed by atoms with van der Waals surface area (Å²) in [6.07, 6.45) is 1.25. The summed E-state index contributed by atoms with van der Waals surface area (Å²) >= 11 is 11.7. The molecule has 2 aromatic heterocycles. The molecule has 1 aromatic carbocycles. The highest BCUT2D eigenvalue weighted by Crippen LogP contribution is 2.30. The maximum atomic E-state index is 13.0. The van der Waals surface area contributed by atoms with E-state index in [0.717, 1.165) is 6.07 Å². The summed E-state index contributed by atoms with van der Waals surface area (Å²) in [5, 5.41) is 3.40. The van der Waals surface area contributed by atoms with E-state index in [1.165, 1.54) is 18.3 Å². The Hall–Kier alpha value is -1.86. The van der Waals surface area contributed by atoms with Crippen molar-refractivity contribution in [1.82, 2.24) is 19.7 Å². The second kappa shape index (κ2) is 5.16. The highest BCUT2D eigenvalue weighted by atomic mass is 35.5. The second-order valence-corrected chi connectivity index (χ2v) is 4.83. The van der Waals surface area contributed by atoms with Crippen LogP contribution in [0.15, 0.2) is 24.4 Å². The van der Waals surface area contributed by atoms with Crippen LogP contribution in [-0.2, 0) is 0 Å². The molecule has 2 heterocycles. The Bertz CT molecular complexity index is 835. The van der Waals surface area contributed by atoms with Crippen molar-refractivity contribution in [3.63, 3.8) is 0 Å². The highest BCUT2D eigenvalue weighted by molar-refractivity contribution is 6.34. The lowest BCUT2D eigenvalue weighted by Gasteiger charge is -2.04. The van der Waals surface area contributed by atoms with Gasteiger partial charge in [-0.2, -0.15) is 18.6 Å². The largest absolute Gasteiger partial charge is 0.335 e. The molecule has 108 valence electrons. The molecule has 0 atom stereocenters. The zero-order valence-corrected chi connectivity index (χ0v) is 11.6. The quantitative estimate of drug-likeness (QED) is 0.701. The van der Waals surface area contributed by atoms with Crippen molar-refractivity contribution in [2.75, 3.05) is 0 Å². The second-order valence-electron chi connectivity index (χ2n) is 4.06. The van der Waals surface area contributed by atoms with E-state index in [-0.39, 0.29) is 27.0 Å². The molecule has 3 aromatic rings. The molecular weight excluding hydrogens is 328 g/mol. The van der Waals surface area contributed by atoms with Gasteiger partial charge >= 0.3 is 6.55 Å². The molecule has 0 saturated carbocycles. The minimum Gasteiger partial charge on any atom is -0.239 e. The maximum absolute atomic E-state index is 13.0. The van der Waals surface area contributed by atoms with Crippen LogP contribution in [0, 0.1) is 5.82 Å². The summed E-state index contributed by atoms with van der Waals surface area (Å²) in [6, 6.07) is 3.74. The van der Waals surface area contributed by atoms with E-state index in [1.54, 1.807) is 0 Å². The minimum atomic E-state index is -2.88. The van der Waals surface area contributed by atoms with E-state index < -0.39 is 12.4 Å². The van der Waals surface area contributed by atoms with Crippen LogP contribution in [0.4, 0.5) is 13.2 Å². The monoisotopic (exact) mass is 332 g/mol. The molecule has 3 rings (SSSR count). The van der Waals surface area contributed by atoms with Crippen LogP contribution in [0.5, 0.6) is 0 Å². The first kappa shape index (κ1) is 14.1. The molecule has 0 N–H and O–H groups in total. The summed E-state index contributed by atoms with van der Waals surface area (Å²) in [5.74, 6) is -0.499. The van der Waals surface area contributed by atoms with Gasteiger partial charge in [-0.3, -0.25) is 0 Å². The van der Waals surface area contributed by atoms with Gasteiger partial charge in [0.2, 0.25) is 0 Å². The number of hydrogen-bond acceptors (Lipinski definition) is 3. The Labute approximate surface area is 126 Å². The van der Waals surface area contributed by atoms with Gasteiger partial charge in [0.15, 0.2) is 10.8 Å². The summed E-state index contributed by atoms with van der Waals surface area (Å²) in [5.41, 5.74) is 0.573. The summed E-state index contributed by atoms with van der Waals surface area (Å²) in [4.78, 5) is 8.00. The van der Waals surface area contributed by atoms with E-state index in [0.29, 0.717) is 10.2 Å². The van der Waals surface area contributed by atoms with Crippen molar-refractivity contribution in [2.45, 2.75) is 6.55 Å². The molecule has 0 amide bonds. The van der Waals surface area contributed by atoms with Crippen molar-refractivity contribution in [2.24, 2.45) is 0 Å². The molecule has 4 nitrogen and oxygen atoms in total. The third-order valence-corrected chi connectivity index (χ3v) is 3.32. The molecule has 0 unspecified atom stereocenters. The number of fused-ring (bicyclic) bond motifs is 1. The Kier molecular flexibility index (Phi) is 3.46. The molecule has 0 aliphatic heterocycles. The molecule has 0 radical (unpaired) electrons.